The summed E-state index contributed by atoms with van der Waals surface area (Å²) in [6.45, 7) is 4.17. The lowest BCUT2D eigenvalue weighted by Crippen LogP contribution is -2.24. The van der Waals surface area contributed by atoms with Gasteiger partial charge in [-0.1, -0.05) is 27.7 Å². The molecule has 0 fully saturated rings. The van der Waals surface area contributed by atoms with Gasteiger partial charge in [-0.2, -0.15) is 0 Å². The number of carboxylic acid groups (broad SMARTS) is 1. The first-order valence-electron chi connectivity index (χ1n) is 5.00. The van der Waals surface area contributed by atoms with Crippen LogP contribution in [-0.2, 0) is 9.59 Å². The molecule has 0 aliphatic rings. The predicted octanol–water partition coefficient (Wildman–Crippen LogP) is 1.92. The van der Waals surface area contributed by atoms with Crippen molar-refractivity contribution in [2.75, 3.05) is 18.1 Å². The van der Waals surface area contributed by atoms with E-state index in [2.05, 4.69) is 11.9 Å². The van der Waals surface area contributed by atoms with Crippen molar-refractivity contribution in [2.24, 2.45) is 0 Å². The second-order valence-corrected chi connectivity index (χ2v) is 5.67. The Hall–Kier alpha value is -0.620. The molecule has 0 atom stereocenters. The summed E-state index contributed by atoms with van der Waals surface area (Å²) in [5.41, 5.74) is 0. The molecule has 6 heteroatoms. The highest BCUT2D eigenvalue weighted by Gasteiger charge is 1.99. The number of rotatable bonds is 10. The lowest BCUT2D eigenvalue weighted by atomic mass is 10.3. The van der Waals surface area contributed by atoms with Gasteiger partial charge in [-0.25, -0.2) is 0 Å². The van der Waals surface area contributed by atoms with Crippen molar-refractivity contribution in [3.8, 4) is 0 Å². The molecule has 1 amide bonds. The van der Waals surface area contributed by atoms with Crippen molar-refractivity contribution < 1.29 is 14.7 Å². The van der Waals surface area contributed by atoms with Crippen LogP contribution in [0.1, 0.15) is 19.3 Å². The fourth-order valence-corrected chi connectivity index (χ4v) is 2.69. The number of aliphatic carboxylic acids is 1. The quantitative estimate of drug-likeness (QED) is 0.358. The maximum absolute atomic E-state index is 11.1. The lowest BCUT2D eigenvalue weighted by Gasteiger charge is -2.03. The molecular formula is C10H17NO3S2. The summed E-state index contributed by atoms with van der Waals surface area (Å²) in [5, 5.41) is 11.2. The van der Waals surface area contributed by atoms with E-state index in [1.807, 2.05) is 0 Å². The van der Waals surface area contributed by atoms with Crippen LogP contribution in [0.25, 0.3) is 0 Å². The molecule has 0 aliphatic heterocycles. The van der Waals surface area contributed by atoms with Gasteiger partial charge in [0.1, 0.15) is 0 Å². The molecule has 0 aromatic carbocycles. The summed E-state index contributed by atoms with van der Waals surface area (Å²) in [7, 11) is 3.10. The summed E-state index contributed by atoms with van der Waals surface area (Å²) >= 11 is 0. The fourth-order valence-electron chi connectivity index (χ4n) is 0.800. The van der Waals surface area contributed by atoms with E-state index in [4.69, 9.17) is 5.11 Å². The minimum atomic E-state index is -0.772. The van der Waals surface area contributed by atoms with E-state index in [-0.39, 0.29) is 12.3 Å². The van der Waals surface area contributed by atoms with Crippen LogP contribution < -0.4 is 5.32 Å². The van der Waals surface area contributed by atoms with Crippen molar-refractivity contribution >= 4 is 33.5 Å². The molecule has 0 saturated heterocycles. The van der Waals surface area contributed by atoms with Gasteiger partial charge >= 0.3 is 5.97 Å². The van der Waals surface area contributed by atoms with Crippen LogP contribution in [0.15, 0.2) is 12.7 Å². The zero-order chi connectivity index (χ0) is 12.2. The Morgan fingerprint density at radius 2 is 1.94 bits per heavy atom. The van der Waals surface area contributed by atoms with Crippen LogP contribution in [0.2, 0.25) is 0 Å². The Labute approximate surface area is 104 Å². The topological polar surface area (TPSA) is 66.4 Å². The Bertz CT molecular complexity index is 234. The molecule has 0 heterocycles. The minimum absolute atomic E-state index is 0.0380. The number of nitrogens with one attached hydrogen (secondary N) is 1. The average molecular weight is 263 g/mol. The Kier molecular flexibility index (Phi) is 10.5. The highest BCUT2D eigenvalue weighted by Crippen LogP contribution is 2.20. The number of carboxylic acids is 1. The van der Waals surface area contributed by atoms with E-state index in [1.165, 1.54) is 10.8 Å². The molecule has 0 aliphatic carbocycles. The number of hydrogen-bond acceptors (Lipinski definition) is 4. The van der Waals surface area contributed by atoms with E-state index in [1.54, 1.807) is 16.9 Å². The molecule has 0 aromatic heterocycles. The number of carbonyl (C=O) groups is 2. The summed E-state index contributed by atoms with van der Waals surface area (Å²) in [6, 6.07) is 0. The number of hydrogen-bond donors (Lipinski definition) is 2. The van der Waals surface area contributed by atoms with Crippen LogP contribution >= 0.6 is 21.6 Å². The third-order valence-electron chi connectivity index (χ3n) is 1.57. The molecule has 0 unspecified atom stereocenters. The second-order valence-electron chi connectivity index (χ2n) is 2.96. The molecule has 0 radical (unpaired) electrons. The van der Waals surface area contributed by atoms with Crippen LogP contribution in [0.3, 0.4) is 0 Å². The highest BCUT2D eigenvalue weighted by molar-refractivity contribution is 8.76. The Balaban J connectivity index is 3.17. The zero-order valence-corrected chi connectivity index (χ0v) is 10.7. The molecule has 0 saturated carbocycles. The Morgan fingerprint density at radius 3 is 2.56 bits per heavy atom. The van der Waals surface area contributed by atoms with Gasteiger partial charge in [0, 0.05) is 24.5 Å². The number of allylic oxidation sites excluding steroid dienone is 1. The van der Waals surface area contributed by atoms with Crippen LogP contribution in [0, 0.1) is 0 Å². The monoisotopic (exact) mass is 263 g/mol. The van der Waals surface area contributed by atoms with Crippen LogP contribution in [-0.4, -0.2) is 35.0 Å². The third-order valence-corrected chi connectivity index (χ3v) is 3.97. The first kappa shape index (κ1) is 15.4. The van der Waals surface area contributed by atoms with Gasteiger partial charge in [-0.3, -0.25) is 9.59 Å². The van der Waals surface area contributed by atoms with Gasteiger partial charge in [0.2, 0.25) is 5.91 Å². The molecule has 0 spiro atoms. The predicted molar refractivity (Wildman–Crippen MR) is 69.6 cm³/mol. The molecule has 0 aromatic rings. The number of carbonyl (C=O) groups excluding carboxylic acids is 1. The van der Waals surface area contributed by atoms with Crippen molar-refractivity contribution in [1.82, 2.24) is 5.32 Å². The van der Waals surface area contributed by atoms with Gasteiger partial charge in [-0.05, 0) is 6.42 Å². The van der Waals surface area contributed by atoms with Gasteiger partial charge < -0.3 is 10.4 Å². The van der Waals surface area contributed by atoms with E-state index in [0.29, 0.717) is 25.1 Å². The van der Waals surface area contributed by atoms with Gasteiger partial charge in [-0.15, -0.1) is 6.58 Å². The third kappa shape index (κ3) is 11.5. The summed E-state index contributed by atoms with van der Waals surface area (Å²) < 4.78 is 0. The summed E-state index contributed by atoms with van der Waals surface area (Å²) in [4.78, 5) is 21.3. The first-order chi connectivity index (χ1) is 7.66. The molecule has 0 bridgehead atoms. The highest BCUT2D eigenvalue weighted by atomic mass is 33.1. The largest absolute Gasteiger partial charge is 0.481 e. The summed E-state index contributed by atoms with van der Waals surface area (Å²) in [5.74, 6) is 0.663. The smallest absolute Gasteiger partial charge is 0.304 e. The van der Waals surface area contributed by atoms with Crippen molar-refractivity contribution in [3.05, 3.63) is 12.7 Å². The Morgan fingerprint density at radius 1 is 1.25 bits per heavy atom. The SMILES string of the molecule is C=CCCC(=O)NCCSSCCC(=O)O. The van der Waals surface area contributed by atoms with Crippen LogP contribution in [0.4, 0.5) is 0 Å². The van der Waals surface area contributed by atoms with Gasteiger partial charge in [0.15, 0.2) is 0 Å². The van der Waals surface area contributed by atoms with Gasteiger partial charge in [0.25, 0.3) is 0 Å². The van der Waals surface area contributed by atoms with Crippen molar-refractivity contribution in [3.63, 3.8) is 0 Å². The molecule has 92 valence electrons. The standard InChI is InChI=1S/C10H17NO3S2/c1-2-3-4-9(12)11-6-8-16-15-7-5-10(13)14/h2H,1,3-8H2,(H,11,12)(H,13,14). The second kappa shape index (κ2) is 10.9. The van der Waals surface area contributed by atoms with E-state index < -0.39 is 5.97 Å². The van der Waals surface area contributed by atoms with E-state index in [9.17, 15) is 9.59 Å². The van der Waals surface area contributed by atoms with E-state index in [0.717, 1.165) is 5.75 Å². The maximum Gasteiger partial charge on any atom is 0.304 e. The molecule has 0 rings (SSSR count). The van der Waals surface area contributed by atoms with E-state index >= 15 is 0 Å². The fraction of sp³-hybridized carbons (Fsp3) is 0.600. The van der Waals surface area contributed by atoms with Crippen molar-refractivity contribution in [2.45, 2.75) is 19.3 Å². The number of amides is 1. The molecule has 4 nitrogen and oxygen atoms in total. The average Bonchev–Trinajstić information content (AvgIpc) is 2.24. The van der Waals surface area contributed by atoms with Crippen molar-refractivity contribution in [1.29, 1.82) is 0 Å². The maximum atomic E-state index is 11.1. The molecule has 2 N–H and O–H groups in total. The zero-order valence-electron chi connectivity index (χ0n) is 9.11. The molecule has 16 heavy (non-hydrogen) atoms. The van der Waals surface area contributed by atoms with Crippen LogP contribution in [0.5, 0.6) is 0 Å². The first-order valence-corrected chi connectivity index (χ1v) is 7.49. The summed E-state index contributed by atoms with van der Waals surface area (Å²) in [6.07, 6.45) is 3.09. The molecular weight excluding hydrogens is 246 g/mol. The lowest BCUT2D eigenvalue weighted by molar-refractivity contribution is -0.136. The van der Waals surface area contributed by atoms with Gasteiger partial charge in [0.05, 0.1) is 6.42 Å². The normalized spacial score (nSPS) is 9.75. The minimum Gasteiger partial charge on any atom is -0.481 e.